The third-order valence-corrected chi connectivity index (χ3v) is 4.10. The van der Waals surface area contributed by atoms with E-state index in [1.54, 1.807) is 18.2 Å². The molecule has 0 saturated heterocycles. The zero-order chi connectivity index (χ0) is 17.4. The Bertz CT molecular complexity index is 1060. The Balaban J connectivity index is 1.68. The molecule has 0 saturated carbocycles. The van der Waals surface area contributed by atoms with E-state index in [1.165, 1.54) is 22.9 Å². The smallest absolute Gasteiger partial charge is 0.267 e. The molecule has 0 radical (unpaired) electrons. The fourth-order valence-corrected chi connectivity index (χ4v) is 2.89. The van der Waals surface area contributed by atoms with Crippen molar-refractivity contribution in [1.29, 1.82) is 0 Å². The van der Waals surface area contributed by atoms with Crippen LogP contribution in [0.5, 0.6) is 0 Å². The van der Waals surface area contributed by atoms with Crippen LogP contribution in [0.3, 0.4) is 0 Å². The first kappa shape index (κ1) is 15.3. The summed E-state index contributed by atoms with van der Waals surface area (Å²) in [4.78, 5) is 16.4. The molecular formula is C19H15FN4O. The summed E-state index contributed by atoms with van der Waals surface area (Å²) in [6, 6.07) is 15.0. The van der Waals surface area contributed by atoms with E-state index in [0.717, 1.165) is 16.8 Å². The Morgan fingerprint density at radius 1 is 1.12 bits per heavy atom. The van der Waals surface area contributed by atoms with Crippen LogP contribution in [-0.2, 0) is 13.0 Å². The average molecular weight is 334 g/mol. The molecule has 0 atom stereocenters. The number of nitrogens with zero attached hydrogens (tertiary/aromatic N) is 3. The summed E-state index contributed by atoms with van der Waals surface area (Å²) in [5.74, 6) is 0.252. The molecule has 0 bridgehead atoms. The molecule has 0 unspecified atom stereocenters. The molecule has 2 N–H and O–H groups in total. The van der Waals surface area contributed by atoms with Crippen molar-refractivity contribution < 1.29 is 4.39 Å². The minimum absolute atomic E-state index is 0.219. The molecule has 0 aliphatic carbocycles. The molecule has 0 spiro atoms. The van der Waals surface area contributed by atoms with Crippen molar-refractivity contribution in [1.82, 2.24) is 9.78 Å². The minimum atomic E-state index is -0.342. The van der Waals surface area contributed by atoms with E-state index in [1.807, 2.05) is 18.2 Å². The van der Waals surface area contributed by atoms with Gasteiger partial charge >= 0.3 is 0 Å². The third-order valence-electron chi connectivity index (χ3n) is 4.10. The van der Waals surface area contributed by atoms with Crippen LogP contribution in [0.1, 0.15) is 11.1 Å². The van der Waals surface area contributed by atoms with Gasteiger partial charge < -0.3 is 5.73 Å². The summed E-state index contributed by atoms with van der Waals surface area (Å²) in [6.07, 6.45) is 0.656. The number of nitrogens with two attached hydrogens (primary N) is 1. The number of amidine groups is 1. The minimum Gasteiger partial charge on any atom is -0.387 e. The molecule has 1 aliphatic rings. The fourth-order valence-electron chi connectivity index (χ4n) is 2.89. The zero-order valence-corrected chi connectivity index (χ0v) is 13.3. The Morgan fingerprint density at radius 3 is 2.84 bits per heavy atom. The van der Waals surface area contributed by atoms with Crippen molar-refractivity contribution in [3.63, 3.8) is 0 Å². The second-order valence-electron chi connectivity index (χ2n) is 5.97. The molecule has 5 nitrogen and oxygen atoms in total. The third kappa shape index (κ3) is 3.06. The van der Waals surface area contributed by atoms with E-state index in [-0.39, 0.29) is 11.4 Å². The Kier molecular flexibility index (Phi) is 3.65. The summed E-state index contributed by atoms with van der Waals surface area (Å²) in [5.41, 5.74) is 9.53. The lowest BCUT2D eigenvalue weighted by Gasteiger charge is -2.08. The number of aromatic nitrogens is 2. The van der Waals surface area contributed by atoms with Crippen molar-refractivity contribution >= 4 is 11.5 Å². The van der Waals surface area contributed by atoms with E-state index in [0.29, 0.717) is 30.1 Å². The normalized spacial score (nSPS) is 12.8. The molecule has 6 heteroatoms. The van der Waals surface area contributed by atoms with Gasteiger partial charge in [0.2, 0.25) is 0 Å². The van der Waals surface area contributed by atoms with Crippen LogP contribution in [0.4, 0.5) is 10.1 Å². The maximum absolute atomic E-state index is 13.4. The van der Waals surface area contributed by atoms with E-state index in [9.17, 15) is 9.18 Å². The molecule has 3 aromatic rings. The fraction of sp³-hybridized carbons (Fsp3) is 0.105. The van der Waals surface area contributed by atoms with Gasteiger partial charge in [0, 0.05) is 18.1 Å². The van der Waals surface area contributed by atoms with Gasteiger partial charge in [-0.3, -0.25) is 4.79 Å². The molecule has 0 fully saturated rings. The van der Waals surface area contributed by atoms with Gasteiger partial charge in [-0.2, -0.15) is 5.10 Å². The van der Waals surface area contributed by atoms with Crippen LogP contribution in [0.15, 0.2) is 64.4 Å². The Hall–Kier alpha value is -3.28. The number of hydrogen-bond acceptors (Lipinski definition) is 4. The van der Waals surface area contributed by atoms with Gasteiger partial charge in [0.15, 0.2) is 0 Å². The first-order valence-corrected chi connectivity index (χ1v) is 7.87. The SMILES string of the molecule is NC1=Nc2cc(Cn3nc(-c4cccc(F)c4)ccc3=O)ccc2C1. The topological polar surface area (TPSA) is 73.3 Å². The average Bonchev–Trinajstić information content (AvgIpc) is 2.96. The molecular weight excluding hydrogens is 319 g/mol. The first-order valence-electron chi connectivity index (χ1n) is 7.87. The highest BCUT2D eigenvalue weighted by atomic mass is 19.1. The van der Waals surface area contributed by atoms with Gasteiger partial charge in [-0.25, -0.2) is 14.1 Å². The highest BCUT2D eigenvalue weighted by Gasteiger charge is 2.13. The Morgan fingerprint density at radius 2 is 2.00 bits per heavy atom. The lowest BCUT2D eigenvalue weighted by atomic mass is 10.1. The van der Waals surface area contributed by atoms with Crippen LogP contribution in [0, 0.1) is 5.82 Å². The molecule has 25 heavy (non-hydrogen) atoms. The number of aliphatic imine (C=N–C) groups is 1. The second-order valence-corrected chi connectivity index (χ2v) is 5.97. The predicted octanol–water partition coefficient (Wildman–Crippen LogP) is 2.64. The molecule has 2 aromatic carbocycles. The monoisotopic (exact) mass is 334 g/mol. The van der Waals surface area contributed by atoms with Crippen LogP contribution in [0.2, 0.25) is 0 Å². The molecule has 124 valence electrons. The number of hydrogen-bond donors (Lipinski definition) is 1. The van der Waals surface area contributed by atoms with Crippen molar-refractivity contribution in [3.05, 3.63) is 81.9 Å². The van der Waals surface area contributed by atoms with Gasteiger partial charge in [-0.15, -0.1) is 0 Å². The quantitative estimate of drug-likeness (QED) is 0.800. The second kappa shape index (κ2) is 5.98. The standard InChI is InChI=1S/C19H15FN4O/c20-15-3-1-2-13(9-15)16-6-7-19(25)24(23-16)11-12-4-5-14-10-18(21)22-17(14)8-12/h1-9H,10-11H2,(H2,21,22). The van der Waals surface area contributed by atoms with E-state index in [4.69, 9.17) is 5.73 Å². The molecule has 2 heterocycles. The number of fused-ring (bicyclic) bond motifs is 1. The number of rotatable bonds is 3. The van der Waals surface area contributed by atoms with Crippen LogP contribution in [-0.4, -0.2) is 15.6 Å². The van der Waals surface area contributed by atoms with Crippen LogP contribution >= 0.6 is 0 Å². The van der Waals surface area contributed by atoms with Gasteiger partial charge in [-0.1, -0.05) is 24.3 Å². The van der Waals surface area contributed by atoms with Crippen molar-refractivity contribution in [2.45, 2.75) is 13.0 Å². The van der Waals surface area contributed by atoms with Crippen LogP contribution < -0.4 is 11.3 Å². The van der Waals surface area contributed by atoms with Gasteiger partial charge in [-0.05, 0) is 35.4 Å². The summed E-state index contributed by atoms with van der Waals surface area (Å²) < 4.78 is 14.8. The van der Waals surface area contributed by atoms with E-state index < -0.39 is 0 Å². The number of halogens is 1. The van der Waals surface area contributed by atoms with Gasteiger partial charge in [0.1, 0.15) is 11.7 Å². The highest BCUT2D eigenvalue weighted by molar-refractivity contribution is 5.90. The Labute approximate surface area is 143 Å². The summed E-state index contributed by atoms with van der Waals surface area (Å²) in [7, 11) is 0. The maximum Gasteiger partial charge on any atom is 0.267 e. The largest absolute Gasteiger partial charge is 0.387 e. The molecule has 4 rings (SSSR count). The van der Waals surface area contributed by atoms with Crippen molar-refractivity contribution in [3.8, 4) is 11.3 Å². The predicted molar refractivity (Wildman–Crippen MR) is 94.4 cm³/mol. The summed E-state index contributed by atoms with van der Waals surface area (Å²) in [5, 5.41) is 4.36. The summed E-state index contributed by atoms with van der Waals surface area (Å²) in [6.45, 7) is 0.310. The van der Waals surface area contributed by atoms with Gasteiger partial charge in [0.05, 0.1) is 17.9 Å². The first-order chi connectivity index (χ1) is 12.1. The lowest BCUT2D eigenvalue weighted by Crippen LogP contribution is -2.22. The zero-order valence-electron chi connectivity index (χ0n) is 13.3. The summed E-state index contributed by atoms with van der Waals surface area (Å²) >= 11 is 0. The van der Waals surface area contributed by atoms with Crippen molar-refractivity contribution in [2.75, 3.05) is 0 Å². The molecule has 1 aromatic heterocycles. The van der Waals surface area contributed by atoms with E-state index >= 15 is 0 Å². The highest BCUT2D eigenvalue weighted by Crippen LogP contribution is 2.26. The lowest BCUT2D eigenvalue weighted by molar-refractivity contribution is 0.626. The maximum atomic E-state index is 13.4. The molecule has 1 aliphatic heterocycles. The van der Waals surface area contributed by atoms with Crippen molar-refractivity contribution in [2.24, 2.45) is 10.7 Å². The molecule has 0 amide bonds. The van der Waals surface area contributed by atoms with E-state index in [2.05, 4.69) is 10.1 Å². The van der Waals surface area contributed by atoms with Gasteiger partial charge in [0.25, 0.3) is 5.56 Å². The van der Waals surface area contributed by atoms with Crippen LogP contribution in [0.25, 0.3) is 11.3 Å². The number of benzene rings is 2.